The van der Waals surface area contributed by atoms with Gasteiger partial charge in [-0.2, -0.15) is 0 Å². The fraction of sp³-hybridized carbons (Fsp3) is 0. The Labute approximate surface area is 372 Å². The van der Waals surface area contributed by atoms with Crippen LogP contribution in [0.1, 0.15) is 0 Å². The van der Waals surface area contributed by atoms with E-state index >= 15 is 0 Å². The maximum atomic E-state index is 6.52. The summed E-state index contributed by atoms with van der Waals surface area (Å²) in [7, 11) is 0. The van der Waals surface area contributed by atoms with E-state index in [1.165, 1.54) is 54.9 Å². The van der Waals surface area contributed by atoms with E-state index in [0.29, 0.717) is 0 Å². The first-order chi connectivity index (χ1) is 31.8. The van der Waals surface area contributed by atoms with Gasteiger partial charge in [-0.25, -0.2) is 0 Å². The minimum atomic E-state index is 0.897. The Bertz CT molecular complexity index is 3640. The van der Waals surface area contributed by atoms with Crippen molar-refractivity contribution in [2.75, 3.05) is 4.90 Å². The summed E-state index contributed by atoms with van der Waals surface area (Å²) < 4.78 is 6.52. The van der Waals surface area contributed by atoms with Crippen molar-refractivity contribution < 1.29 is 4.42 Å². The van der Waals surface area contributed by atoms with Gasteiger partial charge in [0.05, 0.1) is 5.69 Å². The summed E-state index contributed by atoms with van der Waals surface area (Å²) in [4.78, 5) is 2.44. The first kappa shape index (κ1) is 37.3. The number of hydrogen-bond acceptors (Lipinski definition) is 2. The number of anilines is 3. The van der Waals surface area contributed by atoms with Crippen molar-refractivity contribution >= 4 is 60.5 Å². The number of furan rings is 1. The lowest BCUT2D eigenvalue weighted by atomic mass is 9.85. The van der Waals surface area contributed by atoms with E-state index in [1.807, 2.05) is 12.1 Å². The van der Waals surface area contributed by atoms with Crippen LogP contribution in [-0.4, -0.2) is 0 Å². The van der Waals surface area contributed by atoms with Crippen LogP contribution >= 0.6 is 0 Å². The van der Waals surface area contributed by atoms with Crippen LogP contribution in [0.25, 0.3) is 99.1 Å². The van der Waals surface area contributed by atoms with Crippen molar-refractivity contribution in [3.63, 3.8) is 0 Å². The number of hydrogen-bond donors (Lipinski definition) is 0. The lowest BCUT2D eigenvalue weighted by Gasteiger charge is -2.30. The predicted molar refractivity (Wildman–Crippen MR) is 271 cm³/mol. The molecule has 64 heavy (non-hydrogen) atoms. The normalized spacial score (nSPS) is 11.4. The molecule has 12 aromatic rings. The van der Waals surface area contributed by atoms with Crippen LogP contribution < -0.4 is 4.90 Å². The molecule has 0 fully saturated rings. The molecular formula is C62H41NO. The van der Waals surface area contributed by atoms with E-state index in [-0.39, 0.29) is 0 Å². The van der Waals surface area contributed by atoms with Crippen LogP contribution in [0.4, 0.5) is 17.1 Å². The molecule has 300 valence electrons. The summed E-state index contributed by atoms with van der Waals surface area (Å²) in [6, 6.07) is 89.8. The van der Waals surface area contributed by atoms with E-state index in [4.69, 9.17) is 4.42 Å². The molecule has 0 saturated carbocycles. The van der Waals surface area contributed by atoms with Gasteiger partial charge in [-0.3, -0.25) is 0 Å². The van der Waals surface area contributed by atoms with Crippen molar-refractivity contribution in [3.05, 3.63) is 249 Å². The molecule has 0 atom stereocenters. The van der Waals surface area contributed by atoms with Crippen LogP contribution in [0.3, 0.4) is 0 Å². The molecule has 0 bridgehead atoms. The second kappa shape index (κ2) is 15.8. The van der Waals surface area contributed by atoms with E-state index in [2.05, 4.69) is 241 Å². The molecule has 0 spiro atoms. The third-order valence-electron chi connectivity index (χ3n) is 12.7. The van der Waals surface area contributed by atoms with E-state index in [9.17, 15) is 0 Å². The number of benzene rings is 11. The van der Waals surface area contributed by atoms with E-state index in [1.54, 1.807) is 0 Å². The van der Waals surface area contributed by atoms with Crippen LogP contribution in [-0.2, 0) is 0 Å². The van der Waals surface area contributed by atoms with E-state index in [0.717, 1.165) is 61.3 Å². The third kappa shape index (κ3) is 6.44. The van der Waals surface area contributed by atoms with Gasteiger partial charge >= 0.3 is 0 Å². The van der Waals surface area contributed by atoms with Crippen molar-refractivity contribution in [2.45, 2.75) is 0 Å². The number of para-hydroxylation sites is 2. The zero-order valence-corrected chi connectivity index (χ0v) is 35.0. The smallest absolute Gasteiger partial charge is 0.143 e. The monoisotopic (exact) mass is 815 g/mol. The molecule has 0 amide bonds. The number of nitrogens with zero attached hydrogens (tertiary/aromatic N) is 1. The minimum Gasteiger partial charge on any atom is -0.455 e. The van der Waals surface area contributed by atoms with Gasteiger partial charge in [0, 0.05) is 33.3 Å². The second-order valence-corrected chi connectivity index (χ2v) is 16.4. The highest BCUT2D eigenvalue weighted by atomic mass is 16.3. The van der Waals surface area contributed by atoms with Gasteiger partial charge in [0.15, 0.2) is 0 Å². The number of rotatable bonds is 8. The summed E-state index contributed by atoms with van der Waals surface area (Å²) in [6.45, 7) is 0. The van der Waals surface area contributed by atoms with Gasteiger partial charge < -0.3 is 9.32 Å². The molecule has 0 aliphatic rings. The highest BCUT2D eigenvalue weighted by molar-refractivity contribution is 6.17. The average molecular weight is 816 g/mol. The van der Waals surface area contributed by atoms with Crippen LogP contribution in [0, 0.1) is 0 Å². The summed E-state index contributed by atoms with van der Waals surface area (Å²) in [6.07, 6.45) is 0. The molecule has 12 rings (SSSR count). The molecule has 1 aromatic heterocycles. The van der Waals surface area contributed by atoms with Crippen molar-refractivity contribution in [1.29, 1.82) is 0 Å². The van der Waals surface area contributed by atoms with Gasteiger partial charge in [-0.1, -0.05) is 206 Å². The standard InChI is InChI=1S/C62H41NO/c1-3-17-42(18-4-1)43-33-37-47(38-34-43)63(48-39-35-45(36-40-48)51-28-15-30-57-55-27-13-14-32-60(55)64-62(51)57)59-31-16-29-56(53-25-10-9-22-49(53)44-19-5-2-6-20-44)61(59)58-41-46-21-7-8-23-50(46)52-24-11-12-26-54(52)58/h1-41H. The molecule has 0 N–H and O–H groups in total. The Morgan fingerprint density at radius 3 is 1.53 bits per heavy atom. The quantitative estimate of drug-likeness (QED) is 0.142. The molecule has 0 aliphatic heterocycles. The Balaban J connectivity index is 1.12. The lowest BCUT2D eigenvalue weighted by Crippen LogP contribution is -2.12. The van der Waals surface area contributed by atoms with Crippen molar-refractivity contribution in [1.82, 2.24) is 0 Å². The highest BCUT2D eigenvalue weighted by Crippen LogP contribution is 2.50. The van der Waals surface area contributed by atoms with Gasteiger partial charge in [-0.05, 0) is 109 Å². The molecule has 11 aromatic carbocycles. The van der Waals surface area contributed by atoms with Gasteiger partial charge in [0.1, 0.15) is 11.2 Å². The van der Waals surface area contributed by atoms with Crippen molar-refractivity contribution in [3.8, 4) is 55.6 Å². The third-order valence-corrected chi connectivity index (χ3v) is 12.7. The first-order valence-electron chi connectivity index (χ1n) is 21.9. The molecule has 0 unspecified atom stereocenters. The maximum Gasteiger partial charge on any atom is 0.143 e. The van der Waals surface area contributed by atoms with Gasteiger partial charge in [0.2, 0.25) is 0 Å². The highest BCUT2D eigenvalue weighted by Gasteiger charge is 2.24. The SMILES string of the molecule is c1ccc(-c2ccc(N(c3ccc(-c4cccc5c4oc4ccccc45)cc3)c3cccc(-c4ccccc4-c4ccccc4)c3-c3cc4ccccc4c4ccccc34)cc2)cc1. The number of fused-ring (bicyclic) bond motifs is 6. The Morgan fingerprint density at radius 1 is 0.281 bits per heavy atom. The van der Waals surface area contributed by atoms with Crippen molar-refractivity contribution in [2.24, 2.45) is 0 Å². The van der Waals surface area contributed by atoms with Crippen LogP contribution in [0.2, 0.25) is 0 Å². The molecule has 0 aliphatic carbocycles. The summed E-state index contributed by atoms with van der Waals surface area (Å²) in [5.74, 6) is 0. The first-order valence-corrected chi connectivity index (χ1v) is 21.9. The Morgan fingerprint density at radius 2 is 0.781 bits per heavy atom. The van der Waals surface area contributed by atoms with Crippen LogP contribution in [0.5, 0.6) is 0 Å². The van der Waals surface area contributed by atoms with Gasteiger partial charge in [-0.15, -0.1) is 0 Å². The van der Waals surface area contributed by atoms with E-state index < -0.39 is 0 Å². The van der Waals surface area contributed by atoms with Gasteiger partial charge in [0.25, 0.3) is 0 Å². The fourth-order valence-corrected chi connectivity index (χ4v) is 9.71. The Kier molecular flexibility index (Phi) is 9.20. The zero-order chi connectivity index (χ0) is 42.4. The fourth-order valence-electron chi connectivity index (χ4n) is 9.71. The predicted octanol–water partition coefficient (Wildman–Crippen LogP) is 17.7. The largest absolute Gasteiger partial charge is 0.455 e. The molecule has 0 radical (unpaired) electrons. The summed E-state index contributed by atoms with van der Waals surface area (Å²) in [5, 5.41) is 7.14. The lowest BCUT2D eigenvalue weighted by molar-refractivity contribution is 0.670. The maximum absolute atomic E-state index is 6.52. The molecule has 0 saturated heterocycles. The Hall–Kier alpha value is -8.46. The summed E-state index contributed by atoms with van der Waals surface area (Å²) >= 11 is 0. The second-order valence-electron chi connectivity index (χ2n) is 16.4. The molecule has 2 heteroatoms. The molecular weight excluding hydrogens is 775 g/mol. The minimum absolute atomic E-state index is 0.897. The average Bonchev–Trinajstić information content (AvgIpc) is 3.76. The zero-order valence-electron chi connectivity index (χ0n) is 35.0. The summed E-state index contributed by atoms with van der Waals surface area (Å²) in [5.41, 5.74) is 16.6. The molecule has 2 nitrogen and oxygen atoms in total. The topological polar surface area (TPSA) is 16.4 Å². The molecule has 1 heterocycles. The van der Waals surface area contributed by atoms with Crippen LogP contribution in [0.15, 0.2) is 253 Å².